The summed E-state index contributed by atoms with van der Waals surface area (Å²) >= 11 is 6.26. The molecule has 0 aromatic heterocycles. The number of rotatable bonds is 3. The highest BCUT2D eigenvalue weighted by Gasteiger charge is 2.15. The van der Waals surface area contributed by atoms with Crippen molar-refractivity contribution in [2.75, 3.05) is 24.6 Å². The van der Waals surface area contributed by atoms with Crippen molar-refractivity contribution in [3.63, 3.8) is 0 Å². The van der Waals surface area contributed by atoms with E-state index in [0.29, 0.717) is 17.2 Å². The summed E-state index contributed by atoms with van der Waals surface area (Å²) in [4.78, 5) is 13.9. The van der Waals surface area contributed by atoms with E-state index < -0.39 is 0 Å². The third-order valence-electron chi connectivity index (χ3n) is 3.16. The van der Waals surface area contributed by atoms with Gasteiger partial charge >= 0.3 is 5.97 Å². The van der Waals surface area contributed by atoms with Gasteiger partial charge in [-0.25, -0.2) is 4.79 Å². The van der Waals surface area contributed by atoms with Crippen LogP contribution >= 0.6 is 11.6 Å². The van der Waals surface area contributed by atoms with Crippen LogP contribution in [0.25, 0.3) is 0 Å². The minimum Gasteiger partial charge on any atom is -0.462 e. The monoisotopic (exact) mass is 267 g/mol. The largest absolute Gasteiger partial charge is 0.462 e. The van der Waals surface area contributed by atoms with Crippen LogP contribution in [0.4, 0.5) is 5.69 Å². The predicted molar refractivity (Wildman–Crippen MR) is 73.5 cm³/mol. The van der Waals surface area contributed by atoms with Gasteiger partial charge in [-0.05, 0) is 44.4 Å². The number of hydrogen-bond donors (Lipinski definition) is 0. The summed E-state index contributed by atoms with van der Waals surface area (Å²) in [6, 6.07) is 5.40. The number of piperidine rings is 1. The van der Waals surface area contributed by atoms with Gasteiger partial charge in [0.05, 0.1) is 22.9 Å². The third kappa shape index (κ3) is 2.96. The number of ether oxygens (including phenoxy) is 1. The van der Waals surface area contributed by atoms with Crippen LogP contribution in [0.2, 0.25) is 5.02 Å². The van der Waals surface area contributed by atoms with Gasteiger partial charge in [0.25, 0.3) is 0 Å². The van der Waals surface area contributed by atoms with E-state index >= 15 is 0 Å². The Morgan fingerprint density at radius 3 is 2.67 bits per heavy atom. The lowest BCUT2D eigenvalue weighted by molar-refractivity contribution is 0.0526. The van der Waals surface area contributed by atoms with Gasteiger partial charge in [-0.1, -0.05) is 11.6 Å². The first kappa shape index (κ1) is 13.2. The van der Waals surface area contributed by atoms with Crippen molar-refractivity contribution in [3.05, 3.63) is 28.8 Å². The topological polar surface area (TPSA) is 29.5 Å². The molecule has 0 amide bonds. The number of anilines is 1. The molecule has 0 aliphatic carbocycles. The lowest BCUT2D eigenvalue weighted by atomic mass is 10.1. The maximum absolute atomic E-state index is 11.6. The Labute approximate surface area is 113 Å². The summed E-state index contributed by atoms with van der Waals surface area (Å²) in [7, 11) is 0. The molecular formula is C14H18ClNO2. The molecule has 1 aromatic carbocycles. The normalized spacial score (nSPS) is 15.6. The molecule has 0 radical (unpaired) electrons. The first-order valence-electron chi connectivity index (χ1n) is 6.44. The molecule has 0 N–H and O–H groups in total. The molecule has 18 heavy (non-hydrogen) atoms. The van der Waals surface area contributed by atoms with Crippen molar-refractivity contribution in [2.24, 2.45) is 0 Å². The Bertz CT molecular complexity index is 428. The fourth-order valence-corrected chi connectivity index (χ4v) is 2.54. The van der Waals surface area contributed by atoms with Crippen molar-refractivity contribution >= 4 is 23.3 Å². The van der Waals surface area contributed by atoms with Gasteiger partial charge in [-0.3, -0.25) is 0 Å². The molecular weight excluding hydrogens is 250 g/mol. The summed E-state index contributed by atoms with van der Waals surface area (Å²) in [5.74, 6) is -0.315. The van der Waals surface area contributed by atoms with E-state index in [1.807, 2.05) is 6.07 Å². The molecule has 4 heteroatoms. The lowest BCUT2D eigenvalue weighted by Crippen LogP contribution is -2.29. The van der Waals surface area contributed by atoms with E-state index in [-0.39, 0.29) is 5.97 Å². The third-order valence-corrected chi connectivity index (χ3v) is 3.46. The highest BCUT2D eigenvalue weighted by atomic mass is 35.5. The summed E-state index contributed by atoms with van der Waals surface area (Å²) < 4.78 is 4.96. The molecule has 2 rings (SSSR count). The smallest absolute Gasteiger partial charge is 0.338 e. The van der Waals surface area contributed by atoms with Gasteiger partial charge < -0.3 is 9.64 Å². The van der Waals surface area contributed by atoms with Gasteiger partial charge in [0.1, 0.15) is 0 Å². The zero-order chi connectivity index (χ0) is 13.0. The molecule has 0 atom stereocenters. The van der Waals surface area contributed by atoms with Crippen molar-refractivity contribution < 1.29 is 9.53 Å². The number of halogens is 1. The van der Waals surface area contributed by atoms with Crippen LogP contribution in [0.15, 0.2) is 18.2 Å². The average Bonchev–Trinajstić information content (AvgIpc) is 2.40. The van der Waals surface area contributed by atoms with E-state index in [1.165, 1.54) is 19.3 Å². The number of carbonyl (C=O) groups excluding carboxylic acids is 1. The molecule has 1 aliphatic heterocycles. The molecule has 98 valence electrons. The molecule has 1 aromatic rings. The number of nitrogens with zero attached hydrogens (tertiary/aromatic N) is 1. The second-order valence-corrected chi connectivity index (χ2v) is 4.84. The summed E-state index contributed by atoms with van der Waals surface area (Å²) in [6.07, 6.45) is 3.70. The van der Waals surface area contributed by atoms with Crippen molar-refractivity contribution in [3.8, 4) is 0 Å². The maximum atomic E-state index is 11.6. The van der Waals surface area contributed by atoms with E-state index in [4.69, 9.17) is 16.3 Å². The molecule has 1 heterocycles. The van der Waals surface area contributed by atoms with E-state index in [0.717, 1.165) is 18.8 Å². The Kier molecular flexibility index (Phi) is 4.48. The minimum absolute atomic E-state index is 0.315. The first-order chi connectivity index (χ1) is 8.72. The van der Waals surface area contributed by atoms with Crippen LogP contribution in [-0.2, 0) is 4.74 Å². The summed E-state index contributed by atoms with van der Waals surface area (Å²) in [5.41, 5.74) is 1.53. The number of esters is 1. The highest BCUT2D eigenvalue weighted by molar-refractivity contribution is 6.33. The maximum Gasteiger partial charge on any atom is 0.338 e. The van der Waals surface area contributed by atoms with E-state index in [1.54, 1.807) is 19.1 Å². The van der Waals surface area contributed by atoms with Crippen LogP contribution in [0.1, 0.15) is 36.5 Å². The lowest BCUT2D eigenvalue weighted by Gasteiger charge is -2.29. The van der Waals surface area contributed by atoms with Crippen LogP contribution in [0.5, 0.6) is 0 Å². The molecule has 0 unspecified atom stereocenters. The number of carbonyl (C=O) groups is 1. The van der Waals surface area contributed by atoms with Gasteiger partial charge in [0.15, 0.2) is 0 Å². The Hall–Kier alpha value is -1.22. The molecule has 0 spiro atoms. The van der Waals surface area contributed by atoms with Crippen LogP contribution < -0.4 is 4.90 Å². The van der Waals surface area contributed by atoms with E-state index in [9.17, 15) is 4.79 Å². The predicted octanol–water partition coefficient (Wildman–Crippen LogP) is 3.51. The van der Waals surface area contributed by atoms with Gasteiger partial charge in [0, 0.05) is 13.1 Å². The van der Waals surface area contributed by atoms with E-state index in [2.05, 4.69) is 4.90 Å². The van der Waals surface area contributed by atoms with Crippen molar-refractivity contribution in [1.29, 1.82) is 0 Å². The second kappa shape index (κ2) is 6.10. The molecule has 1 saturated heterocycles. The fourth-order valence-electron chi connectivity index (χ4n) is 2.24. The Morgan fingerprint density at radius 2 is 2.06 bits per heavy atom. The SMILES string of the molecule is CCOC(=O)c1ccc(N2CCCCC2)c(Cl)c1. The molecule has 0 bridgehead atoms. The Morgan fingerprint density at radius 1 is 1.33 bits per heavy atom. The van der Waals surface area contributed by atoms with Crippen LogP contribution in [-0.4, -0.2) is 25.7 Å². The standard InChI is InChI=1S/C14H18ClNO2/c1-2-18-14(17)11-6-7-13(12(15)10-11)16-8-4-3-5-9-16/h6-7,10H,2-5,8-9H2,1H3. The van der Waals surface area contributed by atoms with Crippen molar-refractivity contribution in [2.45, 2.75) is 26.2 Å². The summed E-state index contributed by atoms with van der Waals surface area (Å²) in [5, 5.41) is 0.627. The molecule has 0 saturated carbocycles. The van der Waals surface area contributed by atoms with Gasteiger partial charge in [0.2, 0.25) is 0 Å². The molecule has 1 aliphatic rings. The highest BCUT2D eigenvalue weighted by Crippen LogP contribution is 2.29. The Balaban J connectivity index is 2.16. The number of hydrogen-bond acceptors (Lipinski definition) is 3. The fraction of sp³-hybridized carbons (Fsp3) is 0.500. The minimum atomic E-state index is -0.315. The van der Waals surface area contributed by atoms with Gasteiger partial charge in [-0.15, -0.1) is 0 Å². The number of benzene rings is 1. The van der Waals surface area contributed by atoms with Crippen LogP contribution in [0, 0.1) is 0 Å². The first-order valence-corrected chi connectivity index (χ1v) is 6.82. The zero-order valence-corrected chi connectivity index (χ0v) is 11.4. The zero-order valence-electron chi connectivity index (χ0n) is 10.6. The quantitative estimate of drug-likeness (QED) is 0.785. The molecule has 3 nitrogen and oxygen atoms in total. The van der Waals surface area contributed by atoms with Crippen LogP contribution in [0.3, 0.4) is 0 Å². The summed E-state index contributed by atoms with van der Waals surface area (Å²) in [6.45, 7) is 4.25. The van der Waals surface area contributed by atoms with Crippen molar-refractivity contribution in [1.82, 2.24) is 0 Å². The molecule has 1 fully saturated rings. The second-order valence-electron chi connectivity index (χ2n) is 4.43. The average molecular weight is 268 g/mol. The van der Waals surface area contributed by atoms with Gasteiger partial charge in [-0.2, -0.15) is 0 Å².